The molecule has 1 aromatic rings. The summed E-state index contributed by atoms with van der Waals surface area (Å²) >= 11 is 5.10. The van der Waals surface area contributed by atoms with E-state index in [0.29, 0.717) is 6.04 Å². The summed E-state index contributed by atoms with van der Waals surface area (Å²) < 4.78 is 1.12. The molecule has 0 saturated carbocycles. The number of halogens is 1. The van der Waals surface area contributed by atoms with Gasteiger partial charge in [0.15, 0.2) is 0 Å². The molecule has 1 unspecified atom stereocenters. The molecule has 1 aromatic heterocycles. The van der Waals surface area contributed by atoms with Gasteiger partial charge >= 0.3 is 0 Å². The third-order valence-electron chi connectivity index (χ3n) is 1.62. The van der Waals surface area contributed by atoms with Crippen molar-refractivity contribution >= 4 is 27.3 Å². The Hall–Kier alpha value is 0.0700. The fourth-order valence-electron chi connectivity index (χ4n) is 0.928. The SMILES string of the molecule is Brc1cnc(C2CCN2)s1. The van der Waals surface area contributed by atoms with Crippen LogP contribution in [0.5, 0.6) is 0 Å². The van der Waals surface area contributed by atoms with Crippen LogP contribution in [0.2, 0.25) is 0 Å². The molecule has 0 aliphatic carbocycles. The van der Waals surface area contributed by atoms with Crippen LogP contribution in [0.4, 0.5) is 0 Å². The Labute approximate surface area is 71.8 Å². The molecular weight excluding hydrogens is 212 g/mol. The van der Waals surface area contributed by atoms with Crippen molar-refractivity contribution < 1.29 is 0 Å². The normalized spacial score (nSPS) is 24.3. The van der Waals surface area contributed by atoms with E-state index >= 15 is 0 Å². The lowest BCUT2D eigenvalue weighted by molar-refractivity contribution is 0.382. The topological polar surface area (TPSA) is 24.9 Å². The molecule has 1 atom stereocenters. The van der Waals surface area contributed by atoms with Crippen molar-refractivity contribution in [2.75, 3.05) is 6.54 Å². The van der Waals surface area contributed by atoms with Gasteiger partial charge in [-0.1, -0.05) is 0 Å². The average molecular weight is 219 g/mol. The van der Waals surface area contributed by atoms with Gasteiger partial charge < -0.3 is 5.32 Å². The molecule has 4 heteroatoms. The van der Waals surface area contributed by atoms with E-state index in [1.54, 1.807) is 11.3 Å². The molecule has 0 aromatic carbocycles. The van der Waals surface area contributed by atoms with Gasteiger partial charge in [-0.25, -0.2) is 4.98 Å². The zero-order chi connectivity index (χ0) is 6.97. The lowest BCUT2D eigenvalue weighted by Crippen LogP contribution is -2.34. The summed E-state index contributed by atoms with van der Waals surface area (Å²) in [7, 11) is 0. The van der Waals surface area contributed by atoms with Gasteiger partial charge in [-0.15, -0.1) is 11.3 Å². The van der Waals surface area contributed by atoms with Crippen LogP contribution in [0.3, 0.4) is 0 Å². The highest BCUT2D eigenvalue weighted by atomic mass is 79.9. The van der Waals surface area contributed by atoms with E-state index in [1.807, 2.05) is 6.20 Å². The second-order valence-corrected chi connectivity index (χ2v) is 4.74. The first-order chi connectivity index (χ1) is 4.86. The molecular formula is C6H7BrN2S. The first-order valence-electron chi connectivity index (χ1n) is 3.21. The van der Waals surface area contributed by atoms with Crippen molar-refractivity contribution in [1.29, 1.82) is 0 Å². The van der Waals surface area contributed by atoms with E-state index in [9.17, 15) is 0 Å². The van der Waals surface area contributed by atoms with E-state index in [2.05, 4.69) is 26.2 Å². The van der Waals surface area contributed by atoms with Crippen LogP contribution in [-0.2, 0) is 0 Å². The van der Waals surface area contributed by atoms with Crippen molar-refractivity contribution in [1.82, 2.24) is 10.3 Å². The first kappa shape index (κ1) is 6.76. The van der Waals surface area contributed by atoms with Gasteiger partial charge in [0.1, 0.15) is 5.01 Å². The Morgan fingerprint density at radius 3 is 3.00 bits per heavy atom. The van der Waals surface area contributed by atoms with E-state index < -0.39 is 0 Å². The number of hydrogen-bond donors (Lipinski definition) is 1. The summed E-state index contributed by atoms with van der Waals surface area (Å²) in [6.07, 6.45) is 3.10. The van der Waals surface area contributed by atoms with Crippen LogP contribution in [-0.4, -0.2) is 11.5 Å². The molecule has 2 rings (SSSR count). The minimum Gasteiger partial charge on any atom is -0.308 e. The van der Waals surface area contributed by atoms with Crippen LogP contribution in [0.1, 0.15) is 17.5 Å². The number of hydrogen-bond acceptors (Lipinski definition) is 3. The highest BCUT2D eigenvalue weighted by Gasteiger charge is 2.20. The van der Waals surface area contributed by atoms with Crippen molar-refractivity contribution in [2.24, 2.45) is 0 Å². The summed E-state index contributed by atoms with van der Waals surface area (Å²) in [4.78, 5) is 4.25. The molecule has 1 saturated heterocycles. The molecule has 1 aliphatic rings. The van der Waals surface area contributed by atoms with Gasteiger partial charge in [0.05, 0.1) is 16.0 Å². The Morgan fingerprint density at radius 2 is 2.60 bits per heavy atom. The Morgan fingerprint density at radius 1 is 1.80 bits per heavy atom. The van der Waals surface area contributed by atoms with Crippen LogP contribution in [0.15, 0.2) is 9.98 Å². The predicted octanol–water partition coefficient (Wildman–Crippen LogP) is 1.94. The largest absolute Gasteiger partial charge is 0.308 e. The zero-order valence-electron chi connectivity index (χ0n) is 5.30. The Balaban J connectivity index is 2.17. The van der Waals surface area contributed by atoms with Gasteiger partial charge in [-0.3, -0.25) is 0 Å². The Kier molecular flexibility index (Phi) is 1.76. The van der Waals surface area contributed by atoms with E-state index in [4.69, 9.17) is 0 Å². The third kappa shape index (κ3) is 1.11. The molecule has 1 aliphatic heterocycles. The van der Waals surface area contributed by atoms with E-state index in [1.165, 1.54) is 11.4 Å². The standard InChI is InChI=1S/C6H7BrN2S/c7-5-3-9-6(10-5)4-1-2-8-4/h3-4,8H,1-2H2. The third-order valence-corrected chi connectivity index (χ3v) is 3.21. The highest BCUT2D eigenvalue weighted by Crippen LogP contribution is 2.29. The minimum absolute atomic E-state index is 0.538. The summed E-state index contributed by atoms with van der Waals surface area (Å²) in [6.45, 7) is 1.14. The summed E-state index contributed by atoms with van der Waals surface area (Å²) in [5.41, 5.74) is 0. The van der Waals surface area contributed by atoms with Crippen molar-refractivity contribution in [3.05, 3.63) is 15.0 Å². The molecule has 10 heavy (non-hydrogen) atoms. The monoisotopic (exact) mass is 218 g/mol. The fraction of sp³-hybridized carbons (Fsp3) is 0.500. The van der Waals surface area contributed by atoms with Gasteiger partial charge in [0.2, 0.25) is 0 Å². The number of nitrogens with zero attached hydrogens (tertiary/aromatic N) is 1. The molecule has 0 radical (unpaired) electrons. The fourth-order valence-corrected chi connectivity index (χ4v) is 2.28. The second kappa shape index (κ2) is 2.60. The first-order valence-corrected chi connectivity index (χ1v) is 4.82. The maximum atomic E-state index is 4.25. The Bertz CT molecular complexity index is 231. The van der Waals surface area contributed by atoms with Crippen molar-refractivity contribution in [2.45, 2.75) is 12.5 Å². The van der Waals surface area contributed by atoms with Crippen LogP contribution >= 0.6 is 27.3 Å². The molecule has 2 heterocycles. The van der Waals surface area contributed by atoms with E-state index in [0.717, 1.165) is 10.3 Å². The van der Waals surface area contributed by atoms with E-state index in [-0.39, 0.29) is 0 Å². The lowest BCUT2D eigenvalue weighted by Gasteiger charge is -2.24. The summed E-state index contributed by atoms with van der Waals surface area (Å²) in [6, 6.07) is 0.538. The predicted molar refractivity (Wildman–Crippen MR) is 45.2 cm³/mol. The molecule has 0 amide bonds. The maximum Gasteiger partial charge on any atom is 0.111 e. The summed E-state index contributed by atoms with van der Waals surface area (Å²) in [5.74, 6) is 0. The van der Waals surface area contributed by atoms with Gasteiger partial charge in [-0.05, 0) is 28.9 Å². The number of rotatable bonds is 1. The van der Waals surface area contributed by atoms with Gasteiger partial charge in [0, 0.05) is 0 Å². The van der Waals surface area contributed by atoms with Crippen LogP contribution in [0.25, 0.3) is 0 Å². The quantitative estimate of drug-likeness (QED) is 0.780. The molecule has 0 spiro atoms. The number of thiazole rings is 1. The zero-order valence-corrected chi connectivity index (χ0v) is 7.70. The van der Waals surface area contributed by atoms with Crippen molar-refractivity contribution in [3.63, 3.8) is 0 Å². The molecule has 1 fully saturated rings. The second-order valence-electron chi connectivity index (χ2n) is 2.30. The lowest BCUT2D eigenvalue weighted by atomic mass is 10.1. The maximum absolute atomic E-state index is 4.25. The van der Waals surface area contributed by atoms with Gasteiger partial charge in [0.25, 0.3) is 0 Å². The minimum atomic E-state index is 0.538. The highest BCUT2D eigenvalue weighted by molar-refractivity contribution is 9.11. The van der Waals surface area contributed by atoms with Crippen LogP contribution < -0.4 is 5.32 Å². The average Bonchev–Trinajstić information content (AvgIpc) is 2.10. The van der Waals surface area contributed by atoms with Crippen LogP contribution in [0, 0.1) is 0 Å². The summed E-state index contributed by atoms with van der Waals surface area (Å²) in [5, 5.41) is 4.51. The molecule has 54 valence electrons. The molecule has 0 bridgehead atoms. The molecule has 1 N–H and O–H groups in total. The number of aromatic nitrogens is 1. The van der Waals surface area contributed by atoms with Crippen molar-refractivity contribution in [3.8, 4) is 0 Å². The number of nitrogens with one attached hydrogen (secondary N) is 1. The van der Waals surface area contributed by atoms with Gasteiger partial charge in [-0.2, -0.15) is 0 Å². The molecule has 2 nitrogen and oxygen atoms in total. The smallest absolute Gasteiger partial charge is 0.111 e.